The number of hydrogen-bond acceptors (Lipinski definition) is 0. The molecular formula is C22H42Si2. The quantitative estimate of drug-likeness (QED) is 0.225. The summed E-state index contributed by atoms with van der Waals surface area (Å²) in [6.45, 7) is 25.4. The van der Waals surface area contributed by atoms with Gasteiger partial charge in [0, 0.05) is 0 Å². The van der Waals surface area contributed by atoms with E-state index in [1.807, 2.05) is 6.08 Å². The summed E-state index contributed by atoms with van der Waals surface area (Å²) < 4.78 is 0. The van der Waals surface area contributed by atoms with Gasteiger partial charge in [0.25, 0.3) is 0 Å². The van der Waals surface area contributed by atoms with Crippen molar-refractivity contribution in [2.45, 2.75) is 97.1 Å². The molecular weight excluding hydrogens is 320 g/mol. The summed E-state index contributed by atoms with van der Waals surface area (Å²) >= 11 is 0. The normalized spacial score (nSPS) is 14.3. The van der Waals surface area contributed by atoms with Gasteiger partial charge in [0.15, 0.2) is 0 Å². The van der Waals surface area contributed by atoms with Crippen molar-refractivity contribution in [2.24, 2.45) is 5.92 Å². The Bertz CT molecular complexity index is 426. The van der Waals surface area contributed by atoms with E-state index in [9.17, 15) is 0 Å². The summed E-state index contributed by atoms with van der Waals surface area (Å²) in [4.78, 5) is 0. The van der Waals surface area contributed by atoms with Crippen molar-refractivity contribution in [3.63, 3.8) is 0 Å². The van der Waals surface area contributed by atoms with Gasteiger partial charge in [-0.1, -0.05) is 104 Å². The first-order valence-electron chi connectivity index (χ1n) is 10.00. The van der Waals surface area contributed by atoms with E-state index in [2.05, 4.69) is 92.1 Å². The molecule has 0 saturated heterocycles. The molecule has 0 nitrogen and oxygen atoms in total. The predicted molar refractivity (Wildman–Crippen MR) is 119 cm³/mol. The number of hydrogen-bond donors (Lipinski definition) is 0. The molecule has 2 heteroatoms. The van der Waals surface area contributed by atoms with Crippen LogP contribution in [-0.4, -0.2) is 16.1 Å². The van der Waals surface area contributed by atoms with E-state index in [0.29, 0.717) is 16.6 Å². The molecule has 0 amide bonds. The molecule has 0 fully saturated rings. The zero-order valence-electron chi connectivity index (χ0n) is 17.9. The van der Waals surface area contributed by atoms with Crippen molar-refractivity contribution in [1.82, 2.24) is 0 Å². The van der Waals surface area contributed by atoms with Crippen molar-refractivity contribution < 1.29 is 0 Å². The minimum atomic E-state index is -1.64. The van der Waals surface area contributed by atoms with E-state index in [4.69, 9.17) is 0 Å². The van der Waals surface area contributed by atoms with Crippen LogP contribution in [0.4, 0.5) is 0 Å². The third-order valence-corrected chi connectivity index (χ3v) is 17.8. The summed E-state index contributed by atoms with van der Waals surface area (Å²) in [7, 11) is -2.86. The van der Waals surface area contributed by atoms with Gasteiger partial charge in [-0.3, -0.25) is 0 Å². The van der Waals surface area contributed by atoms with Crippen LogP contribution in [0.3, 0.4) is 0 Å². The van der Waals surface area contributed by atoms with Gasteiger partial charge in [-0.05, 0) is 16.6 Å². The summed E-state index contributed by atoms with van der Waals surface area (Å²) in [5.41, 5.74) is 8.48. The van der Waals surface area contributed by atoms with Crippen molar-refractivity contribution in [3.8, 4) is 11.5 Å². The molecule has 0 aliphatic rings. The predicted octanol–water partition coefficient (Wildman–Crippen LogP) is 7.61. The van der Waals surface area contributed by atoms with Gasteiger partial charge in [0.2, 0.25) is 0 Å². The maximum atomic E-state index is 4.05. The smallest absolute Gasteiger partial charge is 0.129 e. The van der Waals surface area contributed by atoms with Crippen LogP contribution in [0.15, 0.2) is 24.4 Å². The molecule has 0 bridgehead atoms. The van der Waals surface area contributed by atoms with Crippen LogP contribution in [0.1, 0.15) is 62.3 Å². The summed E-state index contributed by atoms with van der Waals surface area (Å²) in [6, 6.07) is 3.99. The van der Waals surface area contributed by atoms with E-state index >= 15 is 0 Å². The molecule has 0 aliphatic carbocycles. The molecule has 24 heavy (non-hydrogen) atoms. The monoisotopic (exact) mass is 362 g/mol. The van der Waals surface area contributed by atoms with E-state index in [-0.39, 0.29) is 5.92 Å². The van der Waals surface area contributed by atoms with Crippen molar-refractivity contribution in [2.75, 3.05) is 0 Å². The zero-order chi connectivity index (χ0) is 19.0. The summed E-state index contributed by atoms with van der Waals surface area (Å²) in [6.07, 6.45) is 4.40. The molecule has 0 spiro atoms. The Labute approximate surface area is 155 Å². The van der Waals surface area contributed by atoms with Crippen LogP contribution in [0.5, 0.6) is 0 Å². The van der Waals surface area contributed by atoms with E-state index in [1.165, 1.54) is 18.1 Å². The van der Waals surface area contributed by atoms with Crippen LogP contribution in [0.25, 0.3) is 0 Å². The molecule has 0 aromatic rings. The Morgan fingerprint density at radius 2 is 1.25 bits per heavy atom. The molecule has 0 radical (unpaired) electrons. The minimum absolute atomic E-state index is 0.213. The molecule has 1 unspecified atom stereocenters. The number of allylic oxidation sites excluding steroid dienone is 2. The van der Waals surface area contributed by atoms with E-state index in [1.54, 1.807) is 0 Å². The topological polar surface area (TPSA) is 0 Å². The minimum Gasteiger partial charge on any atom is -0.129 e. The highest BCUT2D eigenvalue weighted by molar-refractivity contribution is 6.90. The fourth-order valence-electron chi connectivity index (χ4n) is 4.24. The zero-order valence-corrected chi connectivity index (χ0v) is 19.9. The molecule has 0 aromatic heterocycles. The van der Waals surface area contributed by atoms with Gasteiger partial charge in [-0.25, -0.2) is 0 Å². The third kappa shape index (κ3) is 5.49. The molecule has 0 aromatic carbocycles. The summed E-state index contributed by atoms with van der Waals surface area (Å²) in [5, 5.41) is 0. The molecule has 138 valence electrons. The molecule has 0 rings (SSSR count). The van der Waals surface area contributed by atoms with Gasteiger partial charge in [0.05, 0.1) is 14.0 Å². The Kier molecular flexibility index (Phi) is 10.2. The van der Waals surface area contributed by atoms with Crippen LogP contribution < -0.4 is 0 Å². The molecule has 0 heterocycles. The molecule has 0 N–H and O–H groups in total. The molecule has 0 saturated carbocycles. The van der Waals surface area contributed by atoms with Crippen molar-refractivity contribution in [3.05, 3.63) is 24.4 Å². The van der Waals surface area contributed by atoms with Crippen LogP contribution >= 0.6 is 0 Å². The Balaban J connectivity index is 5.68. The first-order valence-corrected chi connectivity index (χ1v) is 14.9. The van der Waals surface area contributed by atoms with Crippen molar-refractivity contribution in [1.29, 1.82) is 0 Å². The maximum absolute atomic E-state index is 4.05. The average Bonchev–Trinajstić information content (AvgIpc) is 2.53. The lowest BCUT2D eigenvalue weighted by Crippen LogP contribution is -2.43. The summed E-state index contributed by atoms with van der Waals surface area (Å²) in [5.74, 6) is 3.84. The fourth-order valence-corrected chi connectivity index (χ4v) is 12.3. The lowest BCUT2D eigenvalue weighted by Gasteiger charge is -2.38. The fraction of sp³-hybridized carbons (Fsp3) is 0.727. The molecule has 1 atom stereocenters. The van der Waals surface area contributed by atoms with Gasteiger partial charge in [-0.2, -0.15) is 0 Å². The van der Waals surface area contributed by atoms with E-state index in [0.717, 1.165) is 0 Å². The Morgan fingerprint density at radius 1 is 0.833 bits per heavy atom. The first kappa shape index (κ1) is 23.5. The van der Waals surface area contributed by atoms with E-state index < -0.39 is 16.1 Å². The van der Waals surface area contributed by atoms with Gasteiger partial charge in [0.1, 0.15) is 8.07 Å². The van der Waals surface area contributed by atoms with Gasteiger partial charge >= 0.3 is 0 Å². The third-order valence-electron chi connectivity index (χ3n) is 6.34. The Morgan fingerprint density at radius 3 is 1.54 bits per heavy atom. The standard InChI is InChI=1S/C22H42Si2/c1-11-22(15-17-23(12-2,13-3)14-4)16-18-24(19(5)6,20(7)8)21(9)10/h11,15,17,19-22H,1,12-14H2,2-10H3/b17-15-. The SMILES string of the molecule is C=CC(C#C[Si](C(C)C)(C(C)C)C(C)C)/C=C\[Si](CC)(CC)CC. The Hall–Kier alpha value is -0.526. The average molecular weight is 363 g/mol. The second kappa shape index (κ2) is 10.5. The highest BCUT2D eigenvalue weighted by Gasteiger charge is 2.41. The second-order valence-electron chi connectivity index (χ2n) is 8.21. The second-order valence-corrected chi connectivity index (χ2v) is 19.0. The number of rotatable bonds is 9. The van der Waals surface area contributed by atoms with Crippen LogP contribution in [0, 0.1) is 17.4 Å². The van der Waals surface area contributed by atoms with Crippen LogP contribution in [-0.2, 0) is 0 Å². The highest BCUT2D eigenvalue weighted by Crippen LogP contribution is 2.40. The highest BCUT2D eigenvalue weighted by atomic mass is 28.3. The molecule has 0 aliphatic heterocycles. The lowest BCUT2D eigenvalue weighted by molar-refractivity contribution is 0.838. The lowest BCUT2D eigenvalue weighted by atomic mass is 10.2. The van der Waals surface area contributed by atoms with Gasteiger partial charge in [-0.15, -0.1) is 12.1 Å². The largest absolute Gasteiger partial charge is 0.146 e. The van der Waals surface area contributed by atoms with Crippen molar-refractivity contribution >= 4 is 16.1 Å². The maximum Gasteiger partial charge on any atom is 0.146 e. The van der Waals surface area contributed by atoms with Crippen LogP contribution in [0.2, 0.25) is 34.8 Å². The first-order chi connectivity index (χ1) is 11.2. The van der Waals surface area contributed by atoms with Gasteiger partial charge < -0.3 is 0 Å².